The van der Waals surface area contributed by atoms with Crippen LogP contribution in [0.3, 0.4) is 0 Å². The summed E-state index contributed by atoms with van der Waals surface area (Å²) in [7, 11) is 0. The van der Waals surface area contributed by atoms with Crippen molar-refractivity contribution in [3.63, 3.8) is 0 Å². The highest BCUT2D eigenvalue weighted by Crippen LogP contribution is 2.18. The molecule has 0 aromatic rings. The quantitative estimate of drug-likeness (QED) is 0.576. The molecule has 4 heteroatoms. The number of hydrogen-bond acceptors (Lipinski definition) is 3. The summed E-state index contributed by atoms with van der Waals surface area (Å²) in [6, 6.07) is 0.499. The van der Waals surface area contributed by atoms with E-state index in [-0.39, 0.29) is 5.91 Å². The normalized spacial score (nSPS) is 15.1. The second-order valence-electron chi connectivity index (χ2n) is 4.40. The first-order valence-corrected chi connectivity index (χ1v) is 7.71. The van der Waals surface area contributed by atoms with Crippen molar-refractivity contribution in [2.24, 2.45) is 0 Å². The van der Waals surface area contributed by atoms with E-state index in [9.17, 15) is 4.79 Å². The first kappa shape index (κ1) is 13.8. The van der Waals surface area contributed by atoms with Gasteiger partial charge in [0.1, 0.15) is 0 Å². The van der Waals surface area contributed by atoms with Crippen molar-refractivity contribution in [3.05, 3.63) is 0 Å². The molecule has 2 N–H and O–H groups in total. The van der Waals surface area contributed by atoms with E-state index in [0.29, 0.717) is 12.5 Å². The Morgan fingerprint density at radius 3 is 2.75 bits per heavy atom. The van der Waals surface area contributed by atoms with Crippen LogP contribution in [0.5, 0.6) is 0 Å². The van der Waals surface area contributed by atoms with Crippen molar-refractivity contribution in [1.82, 2.24) is 10.6 Å². The van der Waals surface area contributed by atoms with Crippen LogP contribution in [-0.2, 0) is 4.79 Å². The number of rotatable bonds is 10. The van der Waals surface area contributed by atoms with Gasteiger partial charge in [0.05, 0.1) is 0 Å². The Morgan fingerprint density at radius 2 is 2.06 bits per heavy atom. The minimum Gasteiger partial charge on any atom is -0.353 e. The third-order valence-corrected chi connectivity index (χ3v) is 3.37. The minimum atomic E-state index is 0.206. The van der Waals surface area contributed by atoms with Gasteiger partial charge in [-0.15, -0.1) is 0 Å². The van der Waals surface area contributed by atoms with Crippen LogP contribution >= 0.6 is 11.8 Å². The fourth-order valence-corrected chi connectivity index (χ4v) is 2.02. The maximum absolute atomic E-state index is 11.3. The van der Waals surface area contributed by atoms with Gasteiger partial charge in [0, 0.05) is 19.0 Å². The summed E-state index contributed by atoms with van der Waals surface area (Å²) in [5, 5.41) is 6.31. The SMILES string of the molecule is CSCCCCCNCCC(=O)NC1CC1. The summed E-state index contributed by atoms with van der Waals surface area (Å²) in [4.78, 5) is 11.3. The molecule has 1 amide bonds. The molecule has 0 unspecified atom stereocenters. The van der Waals surface area contributed by atoms with Crippen LogP contribution in [0.1, 0.15) is 38.5 Å². The Hall–Kier alpha value is -0.220. The maximum Gasteiger partial charge on any atom is 0.221 e. The second kappa shape index (κ2) is 8.88. The molecule has 1 fully saturated rings. The minimum absolute atomic E-state index is 0.206. The van der Waals surface area contributed by atoms with Crippen LogP contribution in [0.25, 0.3) is 0 Å². The van der Waals surface area contributed by atoms with Crippen molar-refractivity contribution in [2.45, 2.75) is 44.6 Å². The molecule has 1 rings (SSSR count). The summed E-state index contributed by atoms with van der Waals surface area (Å²) in [6.07, 6.45) is 8.96. The van der Waals surface area contributed by atoms with E-state index in [1.54, 1.807) is 0 Å². The van der Waals surface area contributed by atoms with Gasteiger partial charge < -0.3 is 10.6 Å². The van der Waals surface area contributed by atoms with Crippen molar-refractivity contribution in [1.29, 1.82) is 0 Å². The number of hydrogen-bond donors (Lipinski definition) is 2. The molecule has 0 spiro atoms. The molecular weight excluding hydrogens is 220 g/mol. The third kappa shape index (κ3) is 7.99. The lowest BCUT2D eigenvalue weighted by Crippen LogP contribution is -2.29. The van der Waals surface area contributed by atoms with Gasteiger partial charge in [0.15, 0.2) is 0 Å². The number of carbonyl (C=O) groups is 1. The van der Waals surface area contributed by atoms with E-state index in [1.807, 2.05) is 11.8 Å². The maximum atomic E-state index is 11.3. The molecule has 0 heterocycles. The van der Waals surface area contributed by atoms with Gasteiger partial charge in [-0.3, -0.25) is 4.79 Å². The van der Waals surface area contributed by atoms with Gasteiger partial charge in [0.25, 0.3) is 0 Å². The van der Waals surface area contributed by atoms with E-state index >= 15 is 0 Å². The lowest BCUT2D eigenvalue weighted by Gasteiger charge is -2.05. The summed E-state index contributed by atoms with van der Waals surface area (Å²) in [5.41, 5.74) is 0. The molecule has 1 saturated carbocycles. The number of nitrogens with one attached hydrogen (secondary N) is 2. The van der Waals surface area contributed by atoms with Crippen molar-refractivity contribution < 1.29 is 4.79 Å². The fourth-order valence-electron chi connectivity index (χ4n) is 1.53. The van der Waals surface area contributed by atoms with Gasteiger partial charge in [-0.1, -0.05) is 6.42 Å². The number of carbonyl (C=O) groups excluding carboxylic acids is 1. The Balaban J connectivity index is 1.75. The molecule has 16 heavy (non-hydrogen) atoms. The van der Waals surface area contributed by atoms with Crippen LogP contribution in [0.2, 0.25) is 0 Å². The number of unbranched alkanes of at least 4 members (excludes halogenated alkanes) is 2. The molecule has 0 aromatic carbocycles. The van der Waals surface area contributed by atoms with Gasteiger partial charge in [-0.05, 0) is 44.2 Å². The molecule has 0 bridgehead atoms. The molecule has 3 nitrogen and oxygen atoms in total. The number of amides is 1. The Labute approximate surface area is 103 Å². The molecule has 1 aliphatic rings. The molecule has 0 saturated heterocycles. The van der Waals surface area contributed by atoms with Gasteiger partial charge >= 0.3 is 0 Å². The van der Waals surface area contributed by atoms with E-state index in [1.165, 1.54) is 37.9 Å². The van der Waals surface area contributed by atoms with Gasteiger partial charge in [0.2, 0.25) is 5.91 Å². The average Bonchev–Trinajstić information content (AvgIpc) is 3.06. The molecule has 0 aliphatic heterocycles. The van der Waals surface area contributed by atoms with E-state index in [4.69, 9.17) is 0 Å². The van der Waals surface area contributed by atoms with Crippen LogP contribution in [0, 0.1) is 0 Å². The Kier molecular flexibility index (Phi) is 7.68. The zero-order valence-electron chi connectivity index (χ0n) is 10.3. The number of thioether (sulfide) groups is 1. The largest absolute Gasteiger partial charge is 0.353 e. The highest BCUT2D eigenvalue weighted by Gasteiger charge is 2.22. The summed E-state index contributed by atoms with van der Waals surface area (Å²) in [6.45, 7) is 1.87. The third-order valence-electron chi connectivity index (χ3n) is 2.67. The Bertz CT molecular complexity index is 195. The van der Waals surface area contributed by atoms with Crippen LogP contribution < -0.4 is 10.6 Å². The molecule has 94 valence electrons. The predicted molar refractivity (Wildman–Crippen MR) is 70.9 cm³/mol. The predicted octanol–water partition coefficient (Wildman–Crippen LogP) is 1.78. The first-order valence-electron chi connectivity index (χ1n) is 6.32. The summed E-state index contributed by atoms with van der Waals surface area (Å²) in [5.74, 6) is 1.47. The average molecular weight is 244 g/mol. The highest BCUT2D eigenvalue weighted by atomic mass is 32.2. The van der Waals surface area contributed by atoms with E-state index in [0.717, 1.165) is 13.1 Å². The molecule has 0 aromatic heterocycles. The second-order valence-corrected chi connectivity index (χ2v) is 5.38. The monoisotopic (exact) mass is 244 g/mol. The Morgan fingerprint density at radius 1 is 1.25 bits per heavy atom. The zero-order chi connectivity index (χ0) is 11.6. The van der Waals surface area contributed by atoms with E-state index < -0.39 is 0 Å². The van der Waals surface area contributed by atoms with Crippen molar-refractivity contribution in [3.8, 4) is 0 Å². The zero-order valence-corrected chi connectivity index (χ0v) is 11.1. The topological polar surface area (TPSA) is 41.1 Å². The smallest absolute Gasteiger partial charge is 0.221 e. The first-order chi connectivity index (χ1) is 7.83. The lowest BCUT2D eigenvalue weighted by molar-refractivity contribution is -0.121. The molecular formula is C12H24N2OS. The molecule has 0 radical (unpaired) electrons. The van der Waals surface area contributed by atoms with Crippen molar-refractivity contribution in [2.75, 3.05) is 25.1 Å². The van der Waals surface area contributed by atoms with Gasteiger partial charge in [-0.25, -0.2) is 0 Å². The van der Waals surface area contributed by atoms with Gasteiger partial charge in [-0.2, -0.15) is 11.8 Å². The lowest BCUT2D eigenvalue weighted by atomic mass is 10.2. The molecule has 1 aliphatic carbocycles. The van der Waals surface area contributed by atoms with Crippen LogP contribution in [0.4, 0.5) is 0 Å². The van der Waals surface area contributed by atoms with Crippen LogP contribution in [0.15, 0.2) is 0 Å². The fraction of sp³-hybridized carbons (Fsp3) is 0.917. The van der Waals surface area contributed by atoms with E-state index in [2.05, 4.69) is 16.9 Å². The summed E-state index contributed by atoms with van der Waals surface area (Å²) >= 11 is 1.91. The highest BCUT2D eigenvalue weighted by molar-refractivity contribution is 7.98. The molecule has 0 atom stereocenters. The summed E-state index contributed by atoms with van der Waals surface area (Å²) < 4.78 is 0. The standard InChI is InChI=1S/C12H24N2OS/c1-16-10-4-2-3-8-13-9-7-12(15)14-11-5-6-11/h11,13H,2-10H2,1H3,(H,14,15). The van der Waals surface area contributed by atoms with Crippen LogP contribution in [-0.4, -0.2) is 37.0 Å². The van der Waals surface area contributed by atoms with Crippen molar-refractivity contribution >= 4 is 17.7 Å².